The summed E-state index contributed by atoms with van der Waals surface area (Å²) in [6.07, 6.45) is 1.63. The van der Waals surface area contributed by atoms with Crippen molar-refractivity contribution < 1.29 is 0 Å². The second-order valence-corrected chi connectivity index (χ2v) is 5.63. The van der Waals surface area contributed by atoms with E-state index in [0.717, 1.165) is 24.1 Å². The van der Waals surface area contributed by atoms with Crippen molar-refractivity contribution in [2.24, 2.45) is 0 Å². The SMILES string of the molecule is Cc1ccc(CCc2c(C#N)nnn2Cc2ccccc2)cc1. The highest BCUT2D eigenvalue weighted by Crippen LogP contribution is 2.13. The molecule has 0 aliphatic carbocycles. The molecule has 0 amide bonds. The maximum atomic E-state index is 9.27. The van der Waals surface area contributed by atoms with E-state index in [-0.39, 0.29) is 0 Å². The molecule has 0 spiro atoms. The van der Waals surface area contributed by atoms with Crippen LogP contribution in [-0.4, -0.2) is 15.0 Å². The zero-order valence-corrected chi connectivity index (χ0v) is 13.1. The molecule has 0 unspecified atom stereocenters. The van der Waals surface area contributed by atoms with E-state index in [1.807, 2.05) is 22.9 Å². The molecular weight excluding hydrogens is 284 g/mol. The van der Waals surface area contributed by atoms with E-state index in [0.29, 0.717) is 12.2 Å². The minimum Gasteiger partial charge on any atom is -0.244 e. The summed E-state index contributed by atoms with van der Waals surface area (Å²) in [6.45, 7) is 2.72. The standard InChI is InChI=1S/C19H18N4/c1-15-7-9-16(10-8-15)11-12-19-18(13-20)21-22-23(19)14-17-5-3-2-4-6-17/h2-10H,11-12,14H2,1H3. The predicted octanol–water partition coefficient (Wildman–Crippen LogP) is 3.29. The van der Waals surface area contributed by atoms with Crippen LogP contribution in [0.1, 0.15) is 28.1 Å². The van der Waals surface area contributed by atoms with Gasteiger partial charge in [-0.3, -0.25) is 0 Å². The van der Waals surface area contributed by atoms with Gasteiger partial charge in [0.1, 0.15) is 6.07 Å². The highest BCUT2D eigenvalue weighted by atomic mass is 15.4. The van der Waals surface area contributed by atoms with Crippen molar-refractivity contribution in [3.8, 4) is 6.07 Å². The van der Waals surface area contributed by atoms with Crippen LogP contribution in [0.4, 0.5) is 0 Å². The molecule has 0 atom stereocenters. The Morgan fingerprint density at radius 3 is 2.39 bits per heavy atom. The van der Waals surface area contributed by atoms with Crippen LogP contribution in [0.5, 0.6) is 0 Å². The van der Waals surface area contributed by atoms with Crippen LogP contribution in [0.15, 0.2) is 54.6 Å². The lowest BCUT2D eigenvalue weighted by Crippen LogP contribution is -2.08. The molecule has 0 N–H and O–H groups in total. The maximum Gasteiger partial charge on any atom is 0.185 e. The van der Waals surface area contributed by atoms with E-state index in [4.69, 9.17) is 0 Å². The summed E-state index contributed by atoms with van der Waals surface area (Å²) < 4.78 is 1.84. The lowest BCUT2D eigenvalue weighted by molar-refractivity contribution is 0.615. The second-order valence-electron chi connectivity index (χ2n) is 5.63. The molecule has 0 saturated carbocycles. The highest BCUT2D eigenvalue weighted by molar-refractivity contribution is 5.28. The van der Waals surface area contributed by atoms with E-state index in [1.54, 1.807) is 0 Å². The number of benzene rings is 2. The molecule has 0 saturated heterocycles. The van der Waals surface area contributed by atoms with Crippen LogP contribution < -0.4 is 0 Å². The van der Waals surface area contributed by atoms with Crippen LogP contribution in [0, 0.1) is 18.3 Å². The fourth-order valence-electron chi connectivity index (χ4n) is 2.57. The molecule has 23 heavy (non-hydrogen) atoms. The third-order valence-electron chi connectivity index (χ3n) is 3.89. The Morgan fingerprint density at radius 1 is 0.957 bits per heavy atom. The van der Waals surface area contributed by atoms with Crippen LogP contribution >= 0.6 is 0 Å². The van der Waals surface area contributed by atoms with Gasteiger partial charge in [0.25, 0.3) is 0 Å². The van der Waals surface area contributed by atoms with Crippen LogP contribution in [0.3, 0.4) is 0 Å². The van der Waals surface area contributed by atoms with Gasteiger partial charge in [-0.1, -0.05) is 65.4 Å². The van der Waals surface area contributed by atoms with Gasteiger partial charge in [-0.15, -0.1) is 5.10 Å². The van der Waals surface area contributed by atoms with Crippen molar-refractivity contribution >= 4 is 0 Å². The summed E-state index contributed by atoms with van der Waals surface area (Å²) in [5.41, 5.74) is 4.98. The smallest absolute Gasteiger partial charge is 0.185 e. The normalized spacial score (nSPS) is 10.4. The van der Waals surface area contributed by atoms with Gasteiger partial charge in [-0.2, -0.15) is 5.26 Å². The first-order valence-electron chi connectivity index (χ1n) is 7.68. The molecule has 1 heterocycles. The van der Waals surface area contributed by atoms with Gasteiger partial charge in [-0.25, -0.2) is 4.68 Å². The lowest BCUT2D eigenvalue weighted by atomic mass is 10.1. The fourth-order valence-corrected chi connectivity index (χ4v) is 2.57. The monoisotopic (exact) mass is 302 g/mol. The molecule has 2 aromatic carbocycles. The topological polar surface area (TPSA) is 54.5 Å². The molecule has 3 aromatic rings. The van der Waals surface area contributed by atoms with Gasteiger partial charge in [0.05, 0.1) is 12.2 Å². The van der Waals surface area contributed by atoms with E-state index in [2.05, 4.69) is 59.7 Å². The van der Waals surface area contributed by atoms with Crippen LogP contribution in [0.2, 0.25) is 0 Å². The quantitative estimate of drug-likeness (QED) is 0.726. The third kappa shape index (κ3) is 3.64. The molecule has 0 radical (unpaired) electrons. The molecule has 4 nitrogen and oxygen atoms in total. The summed E-state index contributed by atoms with van der Waals surface area (Å²) in [5, 5.41) is 17.4. The second kappa shape index (κ2) is 6.89. The summed E-state index contributed by atoms with van der Waals surface area (Å²) in [6, 6.07) is 20.7. The number of hydrogen-bond donors (Lipinski definition) is 0. The van der Waals surface area contributed by atoms with Crippen molar-refractivity contribution in [3.63, 3.8) is 0 Å². The maximum absolute atomic E-state index is 9.27. The number of aromatic nitrogens is 3. The number of nitrogens with zero attached hydrogens (tertiary/aromatic N) is 4. The third-order valence-corrected chi connectivity index (χ3v) is 3.89. The van der Waals surface area contributed by atoms with Crippen molar-refractivity contribution in [1.82, 2.24) is 15.0 Å². The van der Waals surface area contributed by atoms with E-state index in [9.17, 15) is 5.26 Å². The first-order chi connectivity index (χ1) is 11.3. The zero-order chi connectivity index (χ0) is 16.1. The summed E-state index contributed by atoms with van der Waals surface area (Å²) in [4.78, 5) is 0. The average Bonchev–Trinajstić information content (AvgIpc) is 2.97. The fraction of sp³-hybridized carbons (Fsp3) is 0.211. The van der Waals surface area contributed by atoms with Crippen molar-refractivity contribution in [1.29, 1.82) is 5.26 Å². The van der Waals surface area contributed by atoms with Gasteiger partial charge in [0.15, 0.2) is 5.69 Å². The van der Waals surface area contributed by atoms with E-state index in [1.165, 1.54) is 11.1 Å². The van der Waals surface area contributed by atoms with Gasteiger partial charge in [-0.05, 0) is 30.9 Å². The Kier molecular flexibility index (Phi) is 4.49. The molecule has 0 aliphatic rings. The van der Waals surface area contributed by atoms with Crippen molar-refractivity contribution in [2.75, 3.05) is 0 Å². The number of nitriles is 1. The summed E-state index contributed by atoms with van der Waals surface area (Å²) in [7, 11) is 0. The largest absolute Gasteiger partial charge is 0.244 e. The lowest BCUT2D eigenvalue weighted by Gasteiger charge is -2.07. The summed E-state index contributed by atoms with van der Waals surface area (Å²) >= 11 is 0. The Morgan fingerprint density at radius 2 is 1.70 bits per heavy atom. The minimum atomic E-state index is 0.424. The molecule has 0 aliphatic heterocycles. The van der Waals surface area contributed by atoms with Gasteiger partial charge in [0.2, 0.25) is 0 Å². The number of aryl methyl sites for hydroxylation is 2. The Balaban J connectivity index is 1.79. The van der Waals surface area contributed by atoms with Crippen LogP contribution in [-0.2, 0) is 19.4 Å². The first kappa shape index (κ1) is 15.0. The minimum absolute atomic E-state index is 0.424. The van der Waals surface area contributed by atoms with Gasteiger partial charge >= 0.3 is 0 Å². The molecule has 4 heteroatoms. The average molecular weight is 302 g/mol. The van der Waals surface area contributed by atoms with Crippen LogP contribution in [0.25, 0.3) is 0 Å². The van der Waals surface area contributed by atoms with E-state index >= 15 is 0 Å². The molecule has 0 fully saturated rings. The molecule has 0 bridgehead atoms. The Hall–Kier alpha value is -2.93. The van der Waals surface area contributed by atoms with Gasteiger partial charge < -0.3 is 0 Å². The number of rotatable bonds is 5. The zero-order valence-electron chi connectivity index (χ0n) is 13.1. The van der Waals surface area contributed by atoms with Crippen molar-refractivity contribution in [3.05, 3.63) is 82.7 Å². The summed E-state index contributed by atoms with van der Waals surface area (Å²) in [5.74, 6) is 0. The molecule has 114 valence electrons. The highest BCUT2D eigenvalue weighted by Gasteiger charge is 2.13. The van der Waals surface area contributed by atoms with Crippen molar-refractivity contribution in [2.45, 2.75) is 26.3 Å². The van der Waals surface area contributed by atoms with E-state index < -0.39 is 0 Å². The predicted molar refractivity (Wildman–Crippen MR) is 88.9 cm³/mol. The molecular formula is C19H18N4. The van der Waals surface area contributed by atoms with Gasteiger partial charge in [0, 0.05) is 0 Å². The first-order valence-corrected chi connectivity index (χ1v) is 7.68. The Bertz CT molecular complexity index is 811. The molecule has 1 aromatic heterocycles. The molecule has 3 rings (SSSR count). The number of hydrogen-bond acceptors (Lipinski definition) is 3. The Labute approximate surface area is 136 Å².